The first-order valence-corrected chi connectivity index (χ1v) is 7.23. The van der Waals surface area contributed by atoms with E-state index in [2.05, 4.69) is 15.3 Å². The van der Waals surface area contributed by atoms with Crippen molar-refractivity contribution >= 4 is 29.4 Å². The number of ether oxygens (including phenoxy) is 2. The maximum atomic E-state index is 11.6. The second kappa shape index (κ2) is 7.94. The molecule has 1 N–H and O–H groups in total. The van der Waals surface area contributed by atoms with Gasteiger partial charge in [-0.1, -0.05) is 6.07 Å². The maximum Gasteiger partial charge on any atom is 0.343 e. The molecular weight excluding hydrogens is 304 g/mol. The predicted molar refractivity (Wildman–Crippen MR) is 83.3 cm³/mol. The molecule has 1 aromatic carbocycles. The number of hydrazone groups is 1. The largest absolute Gasteiger partial charge is 0.482 e. The predicted octanol–water partition coefficient (Wildman–Crippen LogP) is 2.06. The fourth-order valence-corrected chi connectivity index (χ4v) is 2.09. The molecule has 0 atom stereocenters. The summed E-state index contributed by atoms with van der Waals surface area (Å²) in [5.41, 5.74) is 3.23. The van der Waals surface area contributed by atoms with Gasteiger partial charge in [-0.2, -0.15) is 5.10 Å². The SMILES string of the molecule is COC(=O)COc1ccc(/C=N\NC(=O)c2cccs2)cc1. The van der Waals surface area contributed by atoms with Gasteiger partial charge in [0.25, 0.3) is 5.91 Å². The molecule has 1 heterocycles. The molecule has 22 heavy (non-hydrogen) atoms. The van der Waals surface area contributed by atoms with Crippen LogP contribution in [0.2, 0.25) is 0 Å². The lowest BCUT2D eigenvalue weighted by atomic mass is 10.2. The highest BCUT2D eigenvalue weighted by molar-refractivity contribution is 7.12. The number of amides is 1. The lowest BCUT2D eigenvalue weighted by Gasteiger charge is -2.04. The van der Waals surface area contributed by atoms with Gasteiger partial charge in [0.05, 0.1) is 18.2 Å². The van der Waals surface area contributed by atoms with Gasteiger partial charge < -0.3 is 9.47 Å². The molecule has 0 aliphatic rings. The summed E-state index contributed by atoms with van der Waals surface area (Å²) in [5, 5.41) is 5.71. The highest BCUT2D eigenvalue weighted by Gasteiger charge is 2.04. The van der Waals surface area contributed by atoms with Crippen LogP contribution in [-0.4, -0.2) is 31.8 Å². The Kier molecular flexibility index (Phi) is 5.67. The van der Waals surface area contributed by atoms with Crippen LogP contribution in [0.5, 0.6) is 5.75 Å². The molecule has 0 radical (unpaired) electrons. The molecule has 114 valence electrons. The van der Waals surface area contributed by atoms with E-state index in [0.29, 0.717) is 10.6 Å². The number of nitrogens with one attached hydrogen (secondary N) is 1. The van der Waals surface area contributed by atoms with Crippen molar-refractivity contribution in [3.8, 4) is 5.75 Å². The van der Waals surface area contributed by atoms with Gasteiger partial charge in [0.15, 0.2) is 6.61 Å². The van der Waals surface area contributed by atoms with Gasteiger partial charge in [-0.25, -0.2) is 10.2 Å². The lowest BCUT2D eigenvalue weighted by molar-refractivity contribution is -0.142. The molecule has 0 aliphatic heterocycles. The van der Waals surface area contributed by atoms with Crippen molar-refractivity contribution in [2.24, 2.45) is 5.10 Å². The zero-order valence-electron chi connectivity index (χ0n) is 11.8. The number of hydrogen-bond acceptors (Lipinski definition) is 6. The molecular formula is C15H14N2O4S. The summed E-state index contributed by atoms with van der Waals surface area (Å²) in [4.78, 5) is 23.2. The minimum Gasteiger partial charge on any atom is -0.482 e. The fourth-order valence-electron chi connectivity index (χ4n) is 1.48. The summed E-state index contributed by atoms with van der Waals surface area (Å²) in [6.45, 7) is -0.138. The van der Waals surface area contributed by atoms with Gasteiger partial charge in [-0.05, 0) is 41.3 Å². The van der Waals surface area contributed by atoms with Crippen molar-refractivity contribution < 1.29 is 19.1 Å². The fraction of sp³-hybridized carbons (Fsp3) is 0.133. The van der Waals surface area contributed by atoms with E-state index < -0.39 is 5.97 Å². The summed E-state index contributed by atoms with van der Waals surface area (Å²) in [5.74, 6) is -0.142. The molecule has 0 bridgehead atoms. The zero-order chi connectivity index (χ0) is 15.8. The summed E-state index contributed by atoms with van der Waals surface area (Å²) in [6.07, 6.45) is 1.52. The average molecular weight is 318 g/mol. The highest BCUT2D eigenvalue weighted by atomic mass is 32.1. The normalized spacial score (nSPS) is 10.4. The average Bonchev–Trinajstić information content (AvgIpc) is 3.08. The van der Waals surface area contributed by atoms with Crippen LogP contribution in [0, 0.1) is 0 Å². The van der Waals surface area contributed by atoms with Gasteiger partial charge in [0.1, 0.15) is 5.75 Å². The number of nitrogens with zero attached hydrogens (tertiary/aromatic N) is 1. The molecule has 2 rings (SSSR count). The van der Waals surface area contributed by atoms with Crippen molar-refractivity contribution in [2.45, 2.75) is 0 Å². The Morgan fingerprint density at radius 1 is 1.27 bits per heavy atom. The van der Waals surface area contributed by atoms with E-state index in [0.717, 1.165) is 5.56 Å². The van der Waals surface area contributed by atoms with E-state index in [1.54, 1.807) is 36.4 Å². The first kappa shape index (κ1) is 15.7. The molecule has 0 saturated heterocycles. The van der Waals surface area contributed by atoms with E-state index in [9.17, 15) is 9.59 Å². The van der Waals surface area contributed by atoms with Crippen molar-refractivity contribution in [3.63, 3.8) is 0 Å². The van der Waals surface area contributed by atoms with Crippen LogP contribution >= 0.6 is 11.3 Å². The van der Waals surface area contributed by atoms with E-state index in [1.165, 1.54) is 24.7 Å². The van der Waals surface area contributed by atoms with Crippen molar-refractivity contribution in [1.82, 2.24) is 5.43 Å². The number of carbonyl (C=O) groups excluding carboxylic acids is 2. The Balaban J connectivity index is 1.84. The standard InChI is InChI=1S/C15H14N2O4S/c1-20-14(18)10-21-12-6-4-11(5-7-12)9-16-17-15(19)13-3-2-8-22-13/h2-9H,10H2,1H3,(H,17,19)/b16-9-. The van der Waals surface area contributed by atoms with Crippen LogP contribution in [-0.2, 0) is 9.53 Å². The second-order valence-corrected chi connectivity index (χ2v) is 5.06. The number of benzene rings is 1. The molecule has 7 heteroatoms. The van der Waals surface area contributed by atoms with Crippen LogP contribution in [0.25, 0.3) is 0 Å². The Hall–Kier alpha value is -2.67. The summed E-state index contributed by atoms with van der Waals surface area (Å²) < 4.78 is 9.70. The maximum absolute atomic E-state index is 11.6. The lowest BCUT2D eigenvalue weighted by Crippen LogP contribution is -2.16. The van der Waals surface area contributed by atoms with E-state index in [4.69, 9.17) is 4.74 Å². The molecule has 1 amide bonds. The zero-order valence-corrected chi connectivity index (χ0v) is 12.6. The number of esters is 1. The second-order valence-electron chi connectivity index (χ2n) is 4.11. The van der Waals surface area contributed by atoms with Crippen LogP contribution in [0.15, 0.2) is 46.9 Å². The van der Waals surface area contributed by atoms with Gasteiger partial charge in [-0.15, -0.1) is 11.3 Å². The number of methoxy groups -OCH3 is 1. The van der Waals surface area contributed by atoms with Gasteiger partial charge in [-0.3, -0.25) is 4.79 Å². The Labute approximate surface area is 131 Å². The van der Waals surface area contributed by atoms with Crippen molar-refractivity contribution in [2.75, 3.05) is 13.7 Å². The highest BCUT2D eigenvalue weighted by Crippen LogP contribution is 2.11. The third-order valence-electron chi connectivity index (χ3n) is 2.59. The quantitative estimate of drug-likeness (QED) is 0.502. The smallest absolute Gasteiger partial charge is 0.343 e. The van der Waals surface area contributed by atoms with Gasteiger partial charge >= 0.3 is 5.97 Å². The van der Waals surface area contributed by atoms with Crippen LogP contribution in [0.4, 0.5) is 0 Å². The van der Waals surface area contributed by atoms with Crippen molar-refractivity contribution in [3.05, 3.63) is 52.2 Å². The monoisotopic (exact) mass is 318 g/mol. The number of hydrogen-bond donors (Lipinski definition) is 1. The molecule has 0 aliphatic carbocycles. The number of rotatable bonds is 6. The Bertz CT molecular complexity index is 651. The summed E-state index contributed by atoms with van der Waals surface area (Å²) in [6, 6.07) is 10.4. The van der Waals surface area contributed by atoms with Gasteiger partial charge in [0.2, 0.25) is 0 Å². The van der Waals surface area contributed by atoms with Crippen LogP contribution in [0.3, 0.4) is 0 Å². The first-order chi connectivity index (χ1) is 10.7. The van der Waals surface area contributed by atoms with Crippen LogP contribution < -0.4 is 10.2 Å². The minimum atomic E-state index is -0.443. The van der Waals surface area contributed by atoms with Gasteiger partial charge in [0, 0.05) is 0 Å². The topological polar surface area (TPSA) is 77.0 Å². The molecule has 1 aromatic heterocycles. The number of carbonyl (C=O) groups is 2. The Morgan fingerprint density at radius 2 is 2.05 bits per heavy atom. The van der Waals surface area contributed by atoms with E-state index in [-0.39, 0.29) is 12.5 Å². The van der Waals surface area contributed by atoms with Crippen LogP contribution in [0.1, 0.15) is 15.2 Å². The molecule has 0 unspecified atom stereocenters. The van der Waals surface area contributed by atoms with Crippen molar-refractivity contribution in [1.29, 1.82) is 0 Å². The molecule has 0 saturated carbocycles. The molecule has 2 aromatic rings. The van der Waals surface area contributed by atoms with E-state index >= 15 is 0 Å². The summed E-state index contributed by atoms with van der Waals surface area (Å²) >= 11 is 1.35. The number of thiophene rings is 1. The molecule has 0 fully saturated rings. The third kappa shape index (κ3) is 4.71. The third-order valence-corrected chi connectivity index (χ3v) is 3.46. The minimum absolute atomic E-state index is 0.138. The first-order valence-electron chi connectivity index (χ1n) is 6.35. The molecule has 6 nitrogen and oxygen atoms in total. The Morgan fingerprint density at radius 3 is 2.68 bits per heavy atom. The summed E-state index contributed by atoms with van der Waals surface area (Å²) in [7, 11) is 1.30. The van der Waals surface area contributed by atoms with E-state index in [1.807, 2.05) is 5.38 Å². The molecule has 0 spiro atoms.